The number of carbonyl (C=O) groups is 2. The molecule has 0 unspecified atom stereocenters. The summed E-state index contributed by atoms with van der Waals surface area (Å²) >= 11 is 1.38. The van der Waals surface area contributed by atoms with Gasteiger partial charge in [-0.1, -0.05) is 18.2 Å². The van der Waals surface area contributed by atoms with E-state index in [-0.39, 0.29) is 11.8 Å². The second-order valence-corrected chi connectivity index (χ2v) is 6.56. The number of amides is 2. The average Bonchev–Trinajstić information content (AvgIpc) is 3.09. The molecular formula is C19H18N4O2S. The maximum atomic E-state index is 12.1. The van der Waals surface area contributed by atoms with Gasteiger partial charge in [-0.25, -0.2) is 4.98 Å². The summed E-state index contributed by atoms with van der Waals surface area (Å²) in [7, 11) is 0. The van der Waals surface area contributed by atoms with Crippen molar-refractivity contribution in [2.45, 2.75) is 19.8 Å². The van der Waals surface area contributed by atoms with Gasteiger partial charge in [-0.2, -0.15) is 0 Å². The zero-order valence-corrected chi connectivity index (χ0v) is 15.0. The molecule has 3 rings (SSSR count). The minimum Gasteiger partial charge on any atom is -0.326 e. The van der Waals surface area contributed by atoms with Gasteiger partial charge in [0.25, 0.3) is 0 Å². The molecule has 2 amide bonds. The lowest BCUT2D eigenvalue weighted by Crippen LogP contribution is -2.12. The van der Waals surface area contributed by atoms with E-state index in [1.54, 1.807) is 12.4 Å². The van der Waals surface area contributed by atoms with Gasteiger partial charge in [0.2, 0.25) is 11.8 Å². The summed E-state index contributed by atoms with van der Waals surface area (Å²) in [6.07, 6.45) is 4.50. The van der Waals surface area contributed by atoms with Gasteiger partial charge in [0, 0.05) is 42.4 Å². The molecule has 6 nitrogen and oxygen atoms in total. The molecule has 0 saturated heterocycles. The van der Waals surface area contributed by atoms with Crippen molar-refractivity contribution < 1.29 is 9.59 Å². The van der Waals surface area contributed by atoms with Crippen LogP contribution in [0.2, 0.25) is 0 Å². The first-order valence-corrected chi connectivity index (χ1v) is 9.00. The molecule has 1 aromatic carbocycles. The van der Waals surface area contributed by atoms with E-state index in [0.717, 1.165) is 22.5 Å². The Balaban J connectivity index is 1.57. The summed E-state index contributed by atoms with van der Waals surface area (Å²) in [6, 6.07) is 11.2. The van der Waals surface area contributed by atoms with E-state index in [1.807, 2.05) is 41.8 Å². The molecule has 0 aliphatic rings. The molecule has 0 spiro atoms. The first kappa shape index (κ1) is 17.8. The lowest BCUT2D eigenvalue weighted by molar-refractivity contribution is -0.116. The molecule has 2 aromatic heterocycles. The van der Waals surface area contributed by atoms with Gasteiger partial charge in [-0.05, 0) is 30.2 Å². The number of aromatic nitrogens is 2. The number of pyridine rings is 1. The lowest BCUT2D eigenvalue weighted by Gasteiger charge is -2.03. The third-order valence-electron chi connectivity index (χ3n) is 3.62. The van der Waals surface area contributed by atoms with Crippen LogP contribution in [0.3, 0.4) is 0 Å². The number of carbonyl (C=O) groups excluding carboxylic acids is 2. The molecule has 3 aromatic rings. The van der Waals surface area contributed by atoms with Crippen LogP contribution in [0.1, 0.15) is 18.9 Å². The van der Waals surface area contributed by atoms with Crippen molar-refractivity contribution in [1.82, 2.24) is 9.97 Å². The van der Waals surface area contributed by atoms with Crippen LogP contribution in [-0.2, 0) is 16.0 Å². The van der Waals surface area contributed by atoms with E-state index < -0.39 is 0 Å². The lowest BCUT2D eigenvalue weighted by atomic mass is 10.1. The molecule has 7 heteroatoms. The first-order chi connectivity index (χ1) is 12.6. The summed E-state index contributed by atoms with van der Waals surface area (Å²) in [5.74, 6) is -0.182. The molecule has 26 heavy (non-hydrogen) atoms. The van der Waals surface area contributed by atoms with Gasteiger partial charge in [-0.3, -0.25) is 14.6 Å². The Morgan fingerprint density at radius 3 is 2.62 bits per heavy atom. The zero-order valence-electron chi connectivity index (χ0n) is 14.2. The van der Waals surface area contributed by atoms with Crippen molar-refractivity contribution in [3.8, 4) is 11.3 Å². The Kier molecular flexibility index (Phi) is 5.70. The number of aryl methyl sites for hydroxylation is 1. The Labute approximate surface area is 155 Å². The van der Waals surface area contributed by atoms with Crippen LogP contribution in [0.15, 0.2) is 54.2 Å². The Morgan fingerprint density at radius 2 is 1.92 bits per heavy atom. The van der Waals surface area contributed by atoms with Gasteiger partial charge in [0.1, 0.15) is 0 Å². The fourth-order valence-corrected chi connectivity index (χ4v) is 3.11. The molecule has 132 valence electrons. The third kappa shape index (κ3) is 4.97. The van der Waals surface area contributed by atoms with Crippen LogP contribution in [-0.4, -0.2) is 21.8 Å². The number of thiazole rings is 1. The molecule has 0 fully saturated rings. The van der Waals surface area contributed by atoms with Gasteiger partial charge < -0.3 is 10.6 Å². The number of hydrogen-bond acceptors (Lipinski definition) is 5. The van der Waals surface area contributed by atoms with Crippen molar-refractivity contribution in [3.63, 3.8) is 0 Å². The average molecular weight is 366 g/mol. The highest BCUT2D eigenvalue weighted by molar-refractivity contribution is 7.14. The number of hydrogen-bond donors (Lipinski definition) is 2. The predicted octanol–water partition coefficient (Wildman–Crippen LogP) is 3.73. The molecule has 0 radical (unpaired) electrons. The summed E-state index contributed by atoms with van der Waals surface area (Å²) in [5.41, 5.74) is 3.47. The normalized spacial score (nSPS) is 10.3. The van der Waals surface area contributed by atoms with Gasteiger partial charge in [0.15, 0.2) is 5.13 Å². The van der Waals surface area contributed by atoms with Crippen molar-refractivity contribution in [2.24, 2.45) is 0 Å². The van der Waals surface area contributed by atoms with Crippen molar-refractivity contribution in [2.75, 3.05) is 10.6 Å². The van der Waals surface area contributed by atoms with Crippen LogP contribution in [0.4, 0.5) is 10.8 Å². The number of nitrogens with one attached hydrogen (secondary N) is 2. The quantitative estimate of drug-likeness (QED) is 0.696. The van der Waals surface area contributed by atoms with E-state index in [9.17, 15) is 9.59 Å². The van der Waals surface area contributed by atoms with Gasteiger partial charge in [-0.15, -0.1) is 11.3 Å². The topological polar surface area (TPSA) is 84.0 Å². The molecule has 0 saturated carbocycles. The summed E-state index contributed by atoms with van der Waals surface area (Å²) in [6.45, 7) is 1.47. The van der Waals surface area contributed by atoms with Gasteiger partial charge in [0.05, 0.1) is 5.69 Å². The van der Waals surface area contributed by atoms with Crippen LogP contribution >= 0.6 is 11.3 Å². The monoisotopic (exact) mass is 366 g/mol. The number of benzene rings is 1. The number of nitrogens with zero attached hydrogens (tertiary/aromatic N) is 2. The van der Waals surface area contributed by atoms with Crippen LogP contribution in [0.5, 0.6) is 0 Å². The highest BCUT2D eigenvalue weighted by Gasteiger charge is 2.09. The second-order valence-electron chi connectivity index (χ2n) is 5.71. The van der Waals surface area contributed by atoms with Crippen LogP contribution in [0, 0.1) is 0 Å². The Morgan fingerprint density at radius 1 is 1.12 bits per heavy atom. The third-order valence-corrected chi connectivity index (χ3v) is 4.37. The van der Waals surface area contributed by atoms with Crippen LogP contribution < -0.4 is 10.6 Å². The minimum absolute atomic E-state index is 0.0734. The van der Waals surface area contributed by atoms with Gasteiger partial charge >= 0.3 is 0 Å². The molecule has 0 aliphatic heterocycles. The highest BCUT2D eigenvalue weighted by atomic mass is 32.1. The molecular weight excluding hydrogens is 348 g/mol. The molecule has 0 aliphatic carbocycles. The van der Waals surface area contributed by atoms with Crippen molar-refractivity contribution >= 4 is 34.0 Å². The molecule has 0 atom stereocenters. The van der Waals surface area contributed by atoms with E-state index in [1.165, 1.54) is 18.3 Å². The SMILES string of the molecule is CC(=O)Nc1ccc(-c2csc(NC(=O)CCc3cccnc3)n2)cc1. The molecule has 0 bridgehead atoms. The van der Waals surface area contributed by atoms with E-state index >= 15 is 0 Å². The van der Waals surface area contributed by atoms with E-state index in [0.29, 0.717) is 18.0 Å². The molecule has 2 heterocycles. The maximum absolute atomic E-state index is 12.1. The minimum atomic E-state index is -0.109. The fraction of sp³-hybridized carbons (Fsp3) is 0.158. The second kappa shape index (κ2) is 8.35. The van der Waals surface area contributed by atoms with E-state index in [2.05, 4.69) is 20.6 Å². The van der Waals surface area contributed by atoms with Crippen molar-refractivity contribution in [3.05, 3.63) is 59.7 Å². The first-order valence-electron chi connectivity index (χ1n) is 8.12. The van der Waals surface area contributed by atoms with E-state index in [4.69, 9.17) is 0 Å². The van der Waals surface area contributed by atoms with Crippen molar-refractivity contribution in [1.29, 1.82) is 0 Å². The highest BCUT2D eigenvalue weighted by Crippen LogP contribution is 2.26. The fourth-order valence-electron chi connectivity index (χ4n) is 2.38. The summed E-state index contributed by atoms with van der Waals surface area (Å²) < 4.78 is 0. The molecule has 2 N–H and O–H groups in total. The van der Waals surface area contributed by atoms with Crippen LogP contribution in [0.25, 0.3) is 11.3 Å². The largest absolute Gasteiger partial charge is 0.326 e. The summed E-state index contributed by atoms with van der Waals surface area (Å²) in [4.78, 5) is 31.6. The maximum Gasteiger partial charge on any atom is 0.226 e. The standard InChI is InChI=1S/C19H18N4O2S/c1-13(24)21-16-7-5-15(6-8-16)17-12-26-19(22-17)23-18(25)9-4-14-3-2-10-20-11-14/h2-3,5-8,10-12H,4,9H2,1H3,(H,21,24)(H,22,23,25). The Bertz CT molecular complexity index is 891. The Hall–Kier alpha value is -3.06. The smallest absolute Gasteiger partial charge is 0.226 e. The number of rotatable bonds is 6. The number of anilines is 2. The zero-order chi connectivity index (χ0) is 18.4. The predicted molar refractivity (Wildman–Crippen MR) is 103 cm³/mol. The summed E-state index contributed by atoms with van der Waals surface area (Å²) in [5, 5.41) is 8.02.